The number of aromatic nitrogens is 2. The summed E-state index contributed by atoms with van der Waals surface area (Å²) in [6, 6.07) is 15.2. The van der Waals surface area contributed by atoms with Gasteiger partial charge in [0, 0.05) is 4.90 Å². The van der Waals surface area contributed by atoms with Gasteiger partial charge in [0.1, 0.15) is 11.5 Å². The van der Waals surface area contributed by atoms with Gasteiger partial charge in [-0.3, -0.25) is 10.1 Å². The summed E-state index contributed by atoms with van der Waals surface area (Å²) in [6.45, 7) is 1.95. The number of hydrogen-bond donors (Lipinski definition) is 1. The molecule has 1 heterocycles. The van der Waals surface area contributed by atoms with Crippen LogP contribution in [0.3, 0.4) is 0 Å². The molecule has 0 atom stereocenters. The normalized spacial score (nSPS) is 10.5. The molecule has 3 rings (SSSR count). The van der Waals surface area contributed by atoms with E-state index in [2.05, 4.69) is 34.6 Å². The van der Waals surface area contributed by atoms with Gasteiger partial charge in [0.05, 0.1) is 13.5 Å². The van der Waals surface area contributed by atoms with Crippen molar-refractivity contribution < 1.29 is 18.7 Å². The largest absolute Gasteiger partial charge is 0.497 e. The van der Waals surface area contributed by atoms with Gasteiger partial charge in [-0.2, -0.15) is 0 Å². The molecule has 1 aromatic heterocycles. The number of rotatable bonds is 9. The van der Waals surface area contributed by atoms with Gasteiger partial charge in [0.2, 0.25) is 5.89 Å². The number of benzene rings is 2. The lowest BCUT2D eigenvalue weighted by atomic mass is 10.1. The maximum absolute atomic E-state index is 12.0. The monoisotopic (exact) mass is 399 g/mol. The maximum Gasteiger partial charge on any atom is 0.322 e. The van der Waals surface area contributed by atoms with E-state index in [9.17, 15) is 4.79 Å². The summed E-state index contributed by atoms with van der Waals surface area (Å²) >= 11 is 1.79. The SMILES string of the molecule is CCSc1ccc(Cc2nnc(NC(=O)COc3ccc(OC)cc3)o2)cc1. The fourth-order valence-corrected chi connectivity index (χ4v) is 3.06. The first-order valence-corrected chi connectivity index (χ1v) is 9.75. The maximum atomic E-state index is 12.0. The van der Waals surface area contributed by atoms with Gasteiger partial charge in [-0.25, -0.2) is 0 Å². The molecule has 3 aromatic rings. The first kappa shape index (κ1) is 19.8. The number of nitrogens with zero attached hydrogens (tertiary/aromatic N) is 2. The summed E-state index contributed by atoms with van der Waals surface area (Å²) in [5, 5.41) is 10.4. The number of ether oxygens (including phenoxy) is 2. The lowest BCUT2D eigenvalue weighted by Crippen LogP contribution is -2.20. The summed E-state index contributed by atoms with van der Waals surface area (Å²) in [4.78, 5) is 13.2. The average Bonchev–Trinajstić information content (AvgIpc) is 3.15. The third kappa shape index (κ3) is 5.75. The predicted octanol–water partition coefficient (Wildman–Crippen LogP) is 3.80. The molecule has 0 fully saturated rings. The first-order chi connectivity index (χ1) is 13.7. The number of amides is 1. The molecule has 0 saturated heterocycles. The highest BCUT2D eigenvalue weighted by molar-refractivity contribution is 7.99. The van der Waals surface area contributed by atoms with Crippen LogP contribution in [0.5, 0.6) is 11.5 Å². The Labute approximate surface area is 167 Å². The molecule has 0 unspecified atom stereocenters. The van der Waals surface area contributed by atoms with Crippen LogP contribution < -0.4 is 14.8 Å². The number of carbonyl (C=O) groups excluding carboxylic acids is 1. The van der Waals surface area contributed by atoms with Crippen molar-refractivity contribution in [2.75, 3.05) is 24.8 Å². The third-order valence-corrected chi connectivity index (χ3v) is 4.63. The smallest absolute Gasteiger partial charge is 0.322 e. The van der Waals surface area contributed by atoms with E-state index in [-0.39, 0.29) is 18.5 Å². The van der Waals surface area contributed by atoms with Gasteiger partial charge in [0.15, 0.2) is 6.61 Å². The van der Waals surface area contributed by atoms with E-state index in [1.54, 1.807) is 43.1 Å². The van der Waals surface area contributed by atoms with Crippen molar-refractivity contribution in [1.82, 2.24) is 10.2 Å². The second-order valence-electron chi connectivity index (χ2n) is 5.77. The van der Waals surface area contributed by atoms with E-state index in [1.165, 1.54) is 4.90 Å². The molecule has 8 heteroatoms. The molecule has 0 aliphatic carbocycles. The number of thioether (sulfide) groups is 1. The molecule has 1 amide bonds. The van der Waals surface area contributed by atoms with Gasteiger partial charge in [-0.05, 0) is 47.7 Å². The zero-order valence-electron chi connectivity index (χ0n) is 15.7. The van der Waals surface area contributed by atoms with E-state index in [4.69, 9.17) is 13.9 Å². The molecule has 0 saturated carbocycles. The van der Waals surface area contributed by atoms with E-state index < -0.39 is 0 Å². The van der Waals surface area contributed by atoms with Crippen LogP contribution in [0, 0.1) is 0 Å². The summed E-state index contributed by atoms with van der Waals surface area (Å²) in [7, 11) is 1.59. The van der Waals surface area contributed by atoms with E-state index >= 15 is 0 Å². The van der Waals surface area contributed by atoms with Gasteiger partial charge >= 0.3 is 6.01 Å². The number of methoxy groups -OCH3 is 1. The fourth-order valence-electron chi connectivity index (χ4n) is 2.40. The highest BCUT2D eigenvalue weighted by Crippen LogP contribution is 2.20. The number of carbonyl (C=O) groups is 1. The molecular weight excluding hydrogens is 378 g/mol. The van der Waals surface area contributed by atoms with E-state index in [1.807, 2.05) is 12.1 Å². The second-order valence-corrected chi connectivity index (χ2v) is 7.10. The molecule has 0 spiro atoms. The molecule has 1 N–H and O–H groups in total. The molecule has 7 nitrogen and oxygen atoms in total. The lowest BCUT2D eigenvalue weighted by molar-refractivity contribution is -0.118. The fraction of sp³-hybridized carbons (Fsp3) is 0.250. The Morgan fingerprint density at radius 2 is 1.79 bits per heavy atom. The molecule has 0 radical (unpaired) electrons. The number of nitrogens with one attached hydrogen (secondary N) is 1. The Bertz CT molecular complexity index is 895. The van der Waals surface area contributed by atoms with Crippen LogP contribution in [0.25, 0.3) is 0 Å². The molecule has 2 aromatic carbocycles. The van der Waals surface area contributed by atoms with Crippen LogP contribution in [0.1, 0.15) is 18.4 Å². The quantitative estimate of drug-likeness (QED) is 0.548. The first-order valence-electron chi connectivity index (χ1n) is 8.77. The van der Waals surface area contributed by atoms with Crippen LogP contribution in [-0.4, -0.2) is 35.6 Å². The van der Waals surface area contributed by atoms with Crippen LogP contribution >= 0.6 is 11.8 Å². The minimum Gasteiger partial charge on any atom is -0.497 e. The third-order valence-electron chi connectivity index (χ3n) is 3.73. The highest BCUT2D eigenvalue weighted by atomic mass is 32.2. The summed E-state index contributed by atoms with van der Waals surface area (Å²) < 4.78 is 16.0. The average molecular weight is 399 g/mol. The Balaban J connectivity index is 1.48. The van der Waals surface area contributed by atoms with Crippen LogP contribution in [0.2, 0.25) is 0 Å². The lowest BCUT2D eigenvalue weighted by Gasteiger charge is -2.06. The summed E-state index contributed by atoms with van der Waals surface area (Å²) in [5.74, 6) is 2.36. The molecular formula is C20H21N3O4S. The summed E-state index contributed by atoms with van der Waals surface area (Å²) in [5.41, 5.74) is 1.06. The van der Waals surface area contributed by atoms with Crippen molar-refractivity contribution in [1.29, 1.82) is 0 Å². The van der Waals surface area contributed by atoms with Crippen LogP contribution in [-0.2, 0) is 11.2 Å². The van der Waals surface area contributed by atoms with Crippen molar-refractivity contribution in [2.24, 2.45) is 0 Å². The number of anilines is 1. The van der Waals surface area contributed by atoms with Crippen molar-refractivity contribution in [3.05, 3.63) is 60.0 Å². The Morgan fingerprint density at radius 3 is 2.46 bits per heavy atom. The minimum absolute atomic E-state index is 0.0523. The van der Waals surface area contributed by atoms with Crippen molar-refractivity contribution in [3.63, 3.8) is 0 Å². The Hall–Kier alpha value is -3.00. The van der Waals surface area contributed by atoms with Crippen molar-refractivity contribution in [2.45, 2.75) is 18.2 Å². The molecule has 146 valence electrons. The zero-order valence-corrected chi connectivity index (χ0v) is 16.5. The van der Waals surface area contributed by atoms with E-state index in [0.717, 1.165) is 11.3 Å². The zero-order chi connectivity index (χ0) is 19.8. The summed E-state index contributed by atoms with van der Waals surface area (Å²) in [6.07, 6.45) is 0.502. The number of hydrogen-bond acceptors (Lipinski definition) is 7. The van der Waals surface area contributed by atoms with Gasteiger partial charge in [-0.15, -0.1) is 16.9 Å². The van der Waals surface area contributed by atoms with Crippen molar-refractivity contribution in [3.8, 4) is 11.5 Å². The molecule has 0 bridgehead atoms. The van der Waals surface area contributed by atoms with E-state index in [0.29, 0.717) is 23.8 Å². The van der Waals surface area contributed by atoms with Gasteiger partial charge in [-0.1, -0.05) is 24.2 Å². The van der Waals surface area contributed by atoms with Crippen LogP contribution in [0.4, 0.5) is 6.01 Å². The minimum atomic E-state index is -0.382. The standard InChI is InChI=1S/C20H21N3O4S/c1-3-28-17-10-4-14(5-11-17)12-19-22-23-20(27-19)21-18(24)13-26-16-8-6-15(25-2)7-9-16/h4-11H,3,12-13H2,1-2H3,(H,21,23,24). The van der Waals surface area contributed by atoms with Crippen molar-refractivity contribution >= 4 is 23.7 Å². The molecule has 28 heavy (non-hydrogen) atoms. The second kappa shape index (κ2) is 9.80. The Kier molecular flexibility index (Phi) is 6.91. The predicted molar refractivity (Wildman–Crippen MR) is 107 cm³/mol. The Morgan fingerprint density at radius 1 is 1.07 bits per heavy atom. The van der Waals surface area contributed by atoms with Crippen LogP contribution in [0.15, 0.2) is 57.8 Å². The van der Waals surface area contributed by atoms with Gasteiger partial charge in [0.25, 0.3) is 5.91 Å². The topological polar surface area (TPSA) is 86.5 Å². The molecule has 0 aliphatic rings. The highest BCUT2D eigenvalue weighted by Gasteiger charge is 2.11. The van der Waals surface area contributed by atoms with Gasteiger partial charge < -0.3 is 13.9 Å². The molecule has 0 aliphatic heterocycles.